The number of amides is 4. The molecule has 1 fully saturated rings. The first-order chi connectivity index (χ1) is 15.3. The van der Waals surface area contributed by atoms with Gasteiger partial charge in [-0.3, -0.25) is 14.5 Å². The predicted octanol–water partition coefficient (Wildman–Crippen LogP) is 4.18. The van der Waals surface area contributed by atoms with Gasteiger partial charge in [0, 0.05) is 16.8 Å². The first kappa shape index (κ1) is 21.2. The number of rotatable bonds is 5. The van der Waals surface area contributed by atoms with Gasteiger partial charge in [-0.2, -0.15) is 0 Å². The number of nitrogens with zero attached hydrogens (tertiary/aromatic N) is 1. The van der Waals surface area contributed by atoms with Gasteiger partial charge in [0.2, 0.25) is 0 Å². The van der Waals surface area contributed by atoms with Gasteiger partial charge in [-0.05, 0) is 55.0 Å². The molecule has 1 atom stereocenters. The third-order valence-electron chi connectivity index (χ3n) is 5.33. The fourth-order valence-corrected chi connectivity index (χ4v) is 3.57. The molecule has 0 aromatic heterocycles. The lowest BCUT2D eigenvalue weighted by atomic mass is 9.91. The van der Waals surface area contributed by atoms with Crippen LogP contribution in [0.15, 0.2) is 72.8 Å². The van der Waals surface area contributed by atoms with E-state index in [0.717, 1.165) is 23.1 Å². The molecule has 6 nitrogen and oxygen atoms in total. The summed E-state index contributed by atoms with van der Waals surface area (Å²) in [5.41, 5.74) is -0.315. The number of hydrogen-bond acceptors (Lipinski definition) is 3. The third kappa shape index (κ3) is 3.94. The van der Waals surface area contributed by atoms with E-state index in [0.29, 0.717) is 16.8 Å². The molecule has 32 heavy (non-hydrogen) atoms. The number of nitrogens with one attached hydrogen (secondary N) is 2. The quantitative estimate of drug-likeness (QED) is 0.590. The van der Waals surface area contributed by atoms with E-state index in [4.69, 9.17) is 0 Å². The van der Waals surface area contributed by atoms with Crippen molar-refractivity contribution in [3.05, 3.63) is 101 Å². The monoisotopic (exact) mass is 435 g/mol. The number of carbonyl (C=O) groups is 3. The largest absolute Gasteiger partial charge is 0.325 e. The minimum absolute atomic E-state index is 0.0855. The fourth-order valence-electron chi connectivity index (χ4n) is 3.57. The highest BCUT2D eigenvalue weighted by Crippen LogP contribution is 2.32. The Hall–Kier alpha value is -4.07. The number of halogens is 2. The second kappa shape index (κ2) is 8.22. The van der Waals surface area contributed by atoms with E-state index in [1.54, 1.807) is 48.5 Å². The van der Waals surface area contributed by atoms with E-state index >= 15 is 0 Å². The molecule has 0 saturated carbocycles. The summed E-state index contributed by atoms with van der Waals surface area (Å²) in [6, 6.07) is 17.4. The summed E-state index contributed by atoms with van der Waals surface area (Å²) in [4.78, 5) is 38.7. The summed E-state index contributed by atoms with van der Waals surface area (Å²) in [7, 11) is 0. The van der Waals surface area contributed by atoms with Crippen molar-refractivity contribution in [1.29, 1.82) is 0 Å². The van der Waals surface area contributed by atoms with Crippen molar-refractivity contribution in [1.82, 2.24) is 10.2 Å². The van der Waals surface area contributed by atoms with Crippen molar-refractivity contribution < 1.29 is 23.2 Å². The van der Waals surface area contributed by atoms with E-state index in [2.05, 4.69) is 10.6 Å². The first-order valence-electron chi connectivity index (χ1n) is 9.83. The average molecular weight is 435 g/mol. The highest BCUT2D eigenvalue weighted by molar-refractivity contribution is 6.07. The number of imide groups is 1. The number of urea groups is 1. The Morgan fingerprint density at radius 1 is 1.00 bits per heavy atom. The number of carbonyl (C=O) groups excluding carboxylic acids is 3. The zero-order chi connectivity index (χ0) is 22.9. The molecule has 1 heterocycles. The molecule has 2 N–H and O–H groups in total. The Morgan fingerprint density at radius 3 is 2.38 bits per heavy atom. The molecule has 0 spiro atoms. The molecule has 1 aliphatic rings. The zero-order valence-electron chi connectivity index (χ0n) is 17.1. The summed E-state index contributed by atoms with van der Waals surface area (Å²) in [5, 5.41) is 5.23. The van der Waals surface area contributed by atoms with E-state index in [-0.39, 0.29) is 18.0 Å². The van der Waals surface area contributed by atoms with E-state index in [1.807, 2.05) is 6.07 Å². The van der Waals surface area contributed by atoms with Crippen LogP contribution in [-0.2, 0) is 16.9 Å². The Labute approximate surface area is 182 Å². The maximum absolute atomic E-state index is 14.3. The lowest BCUT2D eigenvalue weighted by Gasteiger charge is -2.23. The Kier molecular flexibility index (Phi) is 5.44. The summed E-state index contributed by atoms with van der Waals surface area (Å²) in [6.45, 7) is 1.25. The molecule has 4 amide bonds. The van der Waals surface area contributed by atoms with Crippen molar-refractivity contribution >= 4 is 23.5 Å². The predicted molar refractivity (Wildman–Crippen MR) is 114 cm³/mol. The van der Waals surface area contributed by atoms with Gasteiger partial charge in [0.1, 0.15) is 17.2 Å². The molecule has 0 aliphatic carbocycles. The Morgan fingerprint density at radius 2 is 1.69 bits per heavy atom. The van der Waals surface area contributed by atoms with E-state index < -0.39 is 29.1 Å². The van der Waals surface area contributed by atoms with Crippen molar-refractivity contribution in [3.63, 3.8) is 0 Å². The molecule has 0 radical (unpaired) electrons. The number of para-hydroxylation sites is 1. The van der Waals surface area contributed by atoms with Crippen LogP contribution in [-0.4, -0.2) is 22.7 Å². The van der Waals surface area contributed by atoms with Gasteiger partial charge in [-0.1, -0.05) is 30.3 Å². The van der Waals surface area contributed by atoms with Crippen LogP contribution < -0.4 is 10.6 Å². The summed E-state index contributed by atoms with van der Waals surface area (Å²) >= 11 is 0. The summed E-state index contributed by atoms with van der Waals surface area (Å²) in [6.07, 6.45) is 0. The van der Waals surface area contributed by atoms with Crippen LogP contribution in [0.4, 0.5) is 19.3 Å². The van der Waals surface area contributed by atoms with Crippen LogP contribution in [0.5, 0.6) is 0 Å². The lowest BCUT2D eigenvalue weighted by Crippen LogP contribution is -2.41. The molecule has 3 aromatic carbocycles. The van der Waals surface area contributed by atoms with Gasteiger partial charge in [0.15, 0.2) is 0 Å². The first-order valence-corrected chi connectivity index (χ1v) is 9.83. The molecular weight excluding hydrogens is 416 g/mol. The normalized spacial score (nSPS) is 17.9. The van der Waals surface area contributed by atoms with Gasteiger partial charge < -0.3 is 10.6 Å². The zero-order valence-corrected chi connectivity index (χ0v) is 17.1. The van der Waals surface area contributed by atoms with Gasteiger partial charge in [-0.25, -0.2) is 13.6 Å². The standard InChI is InChI=1S/C24H19F2N3O3/c1-24(19-13-17(25)11-12-20(19)26)22(31)29(23(32)28-24)14-15-7-9-16(10-8-15)21(30)27-18-5-3-2-4-6-18/h2-13H,14H2,1H3,(H,27,30)(H,28,32)/t24-/m0/s1. The highest BCUT2D eigenvalue weighted by Gasteiger charge is 2.50. The third-order valence-corrected chi connectivity index (χ3v) is 5.33. The van der Waals surface area contributed by atoms with Gasteiger partial charge >= 0.3 is 6.03 Å². The molecule has 3 aromatic rings. The van der Waals surface area contributed by atoms with Crippen LogP contribution in [0.1, 0.15) is 28.4 Å². The molecule has 1 aliphatic heterocycles. The van der Waals surface area contributed by atoms with Gasteiger partial charge in [0.05, 0.1) is 6.54 Å². The minimum Gasteiger partial charge on any atom is -0.322 e. The van der Waals surface area contributed by atoms with Crippen LogP contribution in [0.2, 0.25) is 0 Å². The highest BCUT2D eigenvalue weighted by atomic mass is 19.1. The van der Waals surface area contributed by atoms with E-state index in [1.165, 1.54) is 6.92 Å². The second-order valence-corrected chi connectivity index (χ2v) is 7.59. The molecule has 8 heteroatoms. The van der Waals surface area contributed by atoms with Crippen LogP contribution >= 0.6 is 0 Å². The summed E-state index contributed by atoms with van der Waals surface area (Å²) in [5.74, 6) is -2.50. The number of hydrogen-bond donors (Lipinski definition) is 2. The minimum atomic E-state index is -1.72. The lowest BCUT2D eigenvalue weighted by molar-refractivity contribution is -0.131. The van der Waals surface area contributed by atoms with Crippen molar-refractivity contribution in [2.45, 2.75) is 19.0 Å². The van der Waals surface area contributed by atoms with Crippen molar-refractivity contribution in [2.75, 3.05) is 5.32 Å². The van der Waals surface area contributed by atoms with Gasteiger partial charge in [0.25, 0.3) is 11.8 Å². The average Bonchev–Trinajstić information content (AvgIpc) is 3.00. The van der Waals surface area contributed by atoms with Crippen LogP contribution in [0, 0.1) is 11.6 Å². The molecule has 162 valence electrons. The molecule has 0 unspecified atom stereocenters. The van der Waals surface area contributed by atoms with Crippen molar-refractivity contribution in [3.8, 4) is 0 Å². The fraction of sp³-hybridized carbons (Fsp3) is 0.125. The molecule has 1 saturated heterocycles. The SMILES string of the molecule is C[C@@]1(c2cc(F)ccc2F)NC(=O)N(Cc2ccc(C(=O)Nc3ccccc3)cc2)C1=O. The molecular formula is C24H19F2N3O3. The smallest absolute Gasteiger partial charge is 0.322 e. The van der Waals surface area contributed by atoms with Gasteiger partial charge in [-0.15, -0.1) is 0 Å². The Bertz CT molecular complexity index is 1200. The maximum atomic E-state index is 14.3. The summed E-state index contributed by atoms with van der Waals surface area (Å²) < 4.78 is 27.9. The maximum Gasteiger partial charge on any atom is 0.325 e. The topological polar surface area (TPSA) is 78.5 Å². The molecule has 0 bridgehead atoms. The number of anilines is 1. The Balaban J connectivity index is 1.49. The van der Waals surface area contributed by atoms with Crippen LogP contribution in [0.3, 0.4) is 0 Å². The molecule has 4 rings (SSSR count). The number of benzene rings is 3. The second-order valence-electron chi connectivity index (χ2n) is 7.59. The van der Waals surface area contributed by atoms with E-state index in [9.17, 15) is 23.2 Å². The van der Waals surface area contributed by atoms with Crippen LogP contribution in [0.25, 0.3) is 0 Å². The van der Waals surface area contributed by atoms with Crippen molar-refractivity contribution in [2.24, 2.45) is 0 Å².